The van der Waals surface area contributed by atoms with Gasteiger partial charge in [0.15, 0.2) is 0 Å². The highest BCUT2D eigenvalue weighted by atomic mass is 32.1. The number of nitrogens with zero attached hydrogens (tertiary/aromatic N) is 2. The summed E-state index contributed by atoms with van der Waals surface area (Å²) in [6.07, 6.45) is 0.663. The zero-order chi connectivity index (χ0) is 15.8. The minimum absolute atomic E-state index is 0.0431. The SMILES string of the molecule is Cc1nc(CN2C(=O)C(C)(C)NC(=O)C2CC(C)C)cs1. The van der Waals surface area contributed by atoms with Crippen LogP contribution in [0.3, 0.4) is 0 Å². The number of thiazole rings is 1. The molecule has 0 bridgehead atoms. The predicted octanol–water partition coefficient (Wildman–Crippen LogP) is 2.10. The van der Waals surface area contributed by atoms with Gasteiger partial charge in [-0.25, -0.2) is 4.98 Å². The number of hydrogen-bond acceptors (Lipinski definition) is 4. The van der Waals surface area contributed by atoms with Gasteiger partial charge in [-0.2, -0.15) is 0 Å². The number of carbonyl (C=O) groups excluding carboxylic acids is 2. The lowest BCUT2D eigenvalue weighted by Gasteiger charge is -2.43. The molecule has 0 radical (unpaired) electrons. The molecular formula is C15H23N3O2S. The maximum Gasteiger partial charge on any atom is 0.248 e. The lowest BCUT2D eigenvalue weighted by molar-refractivity contribution is -0.155. The molecule has 1 aliphatic heterocycles. The number of amides is 2. The van der Waals surface area contributed by atoms with Gasteiger partial charge in [0.05, 0.1) is 17.2 Å². The number of carbonyl (C=O) groups is 2. The van der Waals surface area contributed by atoms with Crippen LogP contribution in [0.25, 0.3) is 0 Å². The molecule has 1 saturated heterocycles. The van der Waals surface area contributed by atoms with E-state index in [1.54, 1.807) is 30.1 Å². The molecule has 2 amide bonds. The molecule has 0 spiro atoms. The Labute approximate surface area is 129 Å². The molecule has 2 heterocycles. The molecule has 0 aromatic carbocycles. The van der Waals surface area contributed by atoms with Crippen molar-refractivity contribution in [2.24, 2.45) is 5.92 Å². The van der Waals surface area contributed by atoms with E-state index in [9.17, 15) is 9.59 Å². The fraction of sp³-hybridized carbons (Fsp3) is 0.667. The molecule has 116 valence electrons. The summed E-state index contributed by atoms with van der Waals surface area (Å²) in [5, 5.41) is 5.76. The van der Waals surface area contributed by atoms with Crippen molar-refractivity contribution < 1.29 is 9.59 Å². The Balaban J connectivity index is 2.28. The topological polar surface area (TPSA) is 62.3 Å². The van der Waals surface area contributed by atoms with Gasteiger partial charge >= 0.3 is 0 Å². The molecular weight excluding hydrogens is 286 g/mol. The van der Waals surface area contributed by atoms with Crippen molar-refractivity contribution in [1.29, 1.82) is 0 Å². The van der Waals surface area contributed by atoms with Crippen LogP contribution in [0, 0.1) is 12.8 Å². The van der Waals surface area contributed by atoms with Crippen molar-refractivity contribution in [3.63, 3.8) is 0 Å². The van der Waals surface area contributed by atoms with Crippen molar-refractivity contribution in [2.75, 3.05) is 0 Å². The fourth-order valence-electron chi connectivity index (χ4n) is 2.61. The summed E-state index contributed by atoms with van der Waals surface area (Å²) < 4.78 is 0. The molecule has 1 aromatic rings. The van der Waals surface area contributed by atoms with Gasteiger partial charge in [0, 0.05) is 5.38 Å². The first kappa shape index (κ1) is 15.9. The van der Waals surface area contributed by atoms with Crippen LogP contribution in [-0.4, -0.2) is 33.3 Å². The second-order valence-electron chi connectivity index (χ2n) is 6.55. The Hall–Kier alpha value is -1.43. The van der Waals surface area contributed by atoms with Gasteiger partial charge in [-0.1, -0.05) is 13.8 Å². The van der Waals surface area contributed by atoms with E-state index >= 15 is 0 Å². The van der Waals surface area contributed by atoms with Crippen molar-refractivity contribution >= 4 is 23.2 Å². The van der Waals surface area contributed by atoms with Gasteiger partial charge in [0.25, 0.3) is 0 Å². The maximum absolute atomic E-state index is 12.7. The third-order valence-electron chi connectivity index (χ3n) is 3.60. The van der Waals surface area contributed by atoms with Crippen LogP contribution < -0.4 is 5.32 Å². The monoisotopic (exact) mass is 309 g/mol. The number of rotatable bonds is 4. The smallest absolute Gasteiger partial charge is 0.248 e. The molecule has 1 aliphatic rings. The Morgan fingerprint density at radius 1 is 1.43 bits per heavy atom. The highest BCUT2D eigenvalue weighted by molar-refractivity contribution is 7.09. The third kappa shape index (κ3) is 3.43. The van der Waals surface area contributed by atoms with E-state index in [1.165, 1.54) is 0 Å². The lowest BCUT2D eigenvalue weighted by Crippen LogP contribution is -2.67. The maximum atomic E-state index is 12.7. The lowest BCUT2D eigenvalue weighted by atomic mass is 9.92. The third-order valence-corrected chi connectivity index (χ3v) is 4.43. The zero-order valence-electron chi connectivity index (χ0n) is 13.3. The van der Waals surface area contributed by atoms with E-state index in [-0.39, 0.29) is 11.8 Å². The van der Waals surface area contributed by atoms with Crippen molar-refractivity contribution in [2.45, 2.75) is 59.2 Å². The van der Waals surface area contributed by atoms with Gasteiger partial charge in [-0.05, 0) is 33.1 Å². The van der Waals surface area contributed by atoms with Gasteiger partial charge in [0.2, 0.25) is 11.8 Å². The Morgan fingerprint density at radius 2 is 2.10 bits per heavy atom. The summed E-state index contributed by atoms with van der Waals surface area (Å²) >= 11 is 1.56. The number of aromatic nitrogens is 1. The molecule has 1 N–H and O–H groups in total. The highest BCUT2D eigenvalue weighted by Crippen LogP contribution is 2.24. The van der Waals surface area contributed by atoms with Gasteiger partial charge in [-0.3, -0.25) is 9.59 Å². The summed E-state index contributed by atoms with van der Waals surface area (Å²) in [5.74, 6) is 0.230. The molecule has 0 saturated carbocycles. The molecule has 1 atom stereocenters. The second-order valence-corrected chi connectivity index (χ2v) is 7.61. The van der Waals surface area contributed by atoms with E-state index in [0.717, 1.165) is 10.7 Å². The second kappa shape index (κ2) is 5.75. The van der Waals surface area contributed by atoms with Crippen LogP contribution in [0.2, 0.25) is 0 Å². The number of piperazine rings is 1. The van der Waals surface area contributed by atoms with Crippen molar-refractivity contribution in [1.82, 2.24) is 15.2 Å². The van der Waals surface area contributed by atoms with E-state index in [1.807, 2.05) is 12.3 Å². The first-order valence-electron chi connectivity index (χ1n) is 7.25. The summed E-state index contributed by atoms with van der Waals surface area (Å²) in [4.78, 5) is 31.2. The van der Waals surface area contributed by atoms with Crippen LogP contribution in [0.4, 0.5) is 0 Å². The van der Waals surface area contributed by atoms with Crippen molar-refractivity contribution in [3.05, 3.63) is 16.1 Å². The van der Waals surface area contributed by atoms with E-state index < -0.39 is 11.6 Å². The first-order valence-corrected chi connectivity index (χ1v) is 8.13. The molecule has 2 rings (SSSR count). The summed E-state index contributed by atoms with van der Waals surface area (Å²) in [6.45, 7) is 9.95. The highest BCUT2D eigenvalue weighted by Gasteiger charge is 2.45. The van der Waals surface area contributed by atoms with E-state index in [4.69, 9.17) is 0 Å². The minimum Gasteiger partial charge on any atom is -0.340 e. The van der Waals surface area contributed by atoms with Crippen LogP contribution in [0.5, 0.6) is 0 Å². The van der Waals surface area contributed by atoms with Crippen LogP contribution in [0.15, 0.2) is 5.38 Å². The van der Waals surface area contributed by atoms with E-state index in [0.29, 0.717) is 18.9 Å². The van der Waals surface area contributed by atoms with E-state index in [2.05, 4.69) is 24.1 Å². The fourth-order valence-corrected chi connectivity index (χ4v) is 3.21. The van der Waals surface area contributed by atoms with Gasteiger partial charge in [0.1, 0.15) is 11.6 Å². The van der Waals surface area contributed by atoms with Gasteiger partial charge < -0.3 is 10.2 Å². The number of nitrogens with one attached hydrogen (secondary N) is 1. The molecule has 0 aliphatic carbocycles. The summed E-state index contributed by atoms with van der Waals surface area (Å²) in [6, 6.07) is -0.410. The van der Waals surface area contributed by atoms with Crippen LogP contribution >= 0.6 is 11.3 Å². The normalized spacial score (nSPS) is 21.8. The summed E-state index contributed by atoms with van der Waals surface area (Å²) in [7, 11) is 0. The largest absolute Gasteiger partial charge is 0.340 e. The number of hydrogen-bond donors (Lipinski definition) is 1. The molecule has 6 heteroatoms. The number of aryl methyl sites for hydroxylation is 1. The Kier molecular flexibility index (Phi) is 4.37. The molecule has 1 aromatic heterocycles. The molecule has 1 unspecified atom stereocenters. The molecule has 5 nitrogen and oxygen atoms in total. The quantitative estimate of drug-likeness (QED) is 0.926. The van der Waals surface area contributed by atoms with Crippen LogP contribution in [-0.2, 0) is 16.1 Å². The average Bonchev–Trinajstić information content (AvgIpc) is 2.76. The minimum atomic E-state index is -0.852. The first-order chi connectivity index (χ1) is 9.70. The average molecular weight is 309 g/mol. The molecule has 21 heavy (non-hydrogen) atoms. The Bertz CT molecular complexity index is 551. The van der Waals surface area contributed by atoms with Crippen LogP contribution in [0.1, 0.15) is 44.8 Å². The van der Waals surface area contributed by atoms with Crippen molar-refractivity contribution in [3.8, 4) is 0 Å². The molecule has 1 fully saturated rings. The standard InChI is InChI=1S/C15H23N3O2S/c1-9(2)6-12-13(19)17-15(4,5)14(20)18(12)7-11-8-21-10(3)16-11/h8-9,12H,6-7H2,1-5H3,(H,17,19). The predicted molar refractivity (Wildman–Crippen MR) is 82.9 cm³/mol. The Morgan fingerprint density at radius 3 is 2.62 bits per heavy atom. The summed E-state index contributed by atoms with van der Waals surface area (Å²) in [5.41, 5.74) is 0.000392. The van der Waals surface area contributed by atoms with Gasteiger partial charge in [-0.15, -0.1) is 11.3 Å². The zero-order valence-corrected chi connectivity index (χ0v) is 14.1.